The summed E-state index contributed by atoms with van der Waals surface area (Å²) in [5.41, 5.74) is 5.01. The molecule has 1 amide bonds. The number of alkyl halides is 3. The van der Waals surface area contributed by atoms with Crippen LogP contribution in [0.3, 0.4) is 0 Å². The molecule has 0 spiro atoms. The lowest BCUT2D eigenvalue weighted by molar-refractivity contribution is -0.141. The van der Waals surface area contributed by atoms with Crippen molar-refractivity contribution in [2.45, 2.75) is 20.0 Å². The van der Waals surface area contributed by atoms with Gasteiger partial charge in [0.25, 0.3) is 5.91 Å². The molecule has 2 rings (SSSR count). The van der Waals surface area contributed by atoms with Gasteiger partial charge in [-0.05, 0) is 41.9 Å². The lowest BCUT2D eigenvalue weighted by Crippen LogP contribution is -2.19. The van der Waals surface area contributed by atoms with E-state index >= 15 is 0 Å². The second kappa shape index (κ2) is 5.14. The van der Waals surface area contributed by atoms with Gasteiger partial charge in [0, 0.05) is 0 Å². The van der Waals surface area contributed by atoms with Gasteiger partial charge >= 0.3 is 6.18 Å². The van der Waals surface area contributed by atoms with Crippen LogP contribution in [0.1, 0.15) is 27.4 Å². The Balaban J connectivity index is 2.75. The second-order valence-corrected chi connectivity index (χ2v) is 5.12. The largest absolute Gasteiger partial charge is 0.433 e. The van der Waals surface area contributed by atoms with Crippen molar-refractivity contribution in [3.05, 3.63) is 39.3 Å². The number of pyridine rings is 1. The van der Waals surface area contributed by atoms with E-state index in [-0.39, 0.29) is 11.4 Å². The van der Waals surface area contributed by atoms with E-state index in [4.69, 9.17) is 5.73 Å². The molecule has 0 atom stereocenters. The zero-order valence-corrected chi connectivity index (χ0v) is 12.6. The molecule has 0 unspecified atom stereocenters. The topological polar surface area (TPSA) is 73.8 Å². The first-order valence-electron chi connectivity index (χ1n) is 5.73. The van der Waals surface area contributed by atoms with Crippen molar-refractivity contribution in [1.29, 1.82) is 0 Å². The molecule has 0 saturated carbocycles. The monoisotopic (exact) mass is 362 g/mol. The molecule has 9 heteroatoms. The van der Waals surface area contributed by atoms with Crippen LogP contribution in [0.15, 0.2) is 16.6 Å². The molecule has 112 valence electrons. The van der Waals surface area contributed by atoms with Crippen LogP contribution in [0.2, 0.25) is 0 Å². The van der Waals surface area contributed by atoms with Crippen LogP contribution >= 0.6 is 15.9 Å². The molecule has 0 radical (unpaired) electrons. The molecule has 0 bridgehead atoms. The van der Waals surface area contributed by atoms with E-state index in [0.717, 1.165) is 10.7 Å². The minimum absolute atomic E-state index is 0.138. The number of carbonyl (C=O) groups excluding carboxylic acids is 1. The van der Waals surface area contributed by atoms with E-state index in [1.807, 2.05) is 0 Å². The molecular weight excluding hydrogens is 353 g/mol. The molecule has 0 fully saturated rings. The van der Waals surface area contributed by atoms with Crippen molar-refractivity contribution in [2.75, 3.05) is 0 Å². The van der Waals surface area contributed by atoms with Crippen molar-refractivity contribution in [3.63, 3.8) is 0 Å². The van der Waals surface area contributed by atoms with E-state index in [1.165, 1.54) is 0 Å². The Bertz CT molecular complexity index is 724. The summed E-state index contributed by atoms with van der Waals surface area (Å²) in [5, 5.41) is 4.08. The molecule has 5 nitrogen and oxygen atoms in total. The van der Waals surface area contributed by atoms with Gasteiger partial charge in [-0.3, -0.25) is 4.79 Å². The third-order valence-corrected chi connectivity index (χ3v) is 3.98. The molecule has 2 heterocycles. The fourth-order valence-electron chi connectivity index (χ4n) is 1.79. The summed E-state index contributed by atoms with van der Waals surface area (Å²) < 4.78 is 40.1. The molecule has 2 aromatic rings. The van der Waals surface area contributed by atoms with Gasteiger partial charge in [-0.1, -0.05) is 0 Å². The van der Waals surface area contributed by atoms with E-state index in [2.05, 4.69) is 26.0 Å². The first-order chi connectivity index (χ1) is 9.62. The highest BCUT2D eigenvalue weighted by Gasteiger charge is 2.34. The molecule has 0 aliphatic carbocycles. The number of carbonyl (C=O) groups is 1. The van der Waals surface area contributed by atoms with Crippen LogP contribution in [0.5, 0.6) is 0 Å². The Morgan fingerprint density at radius 3 is 2.38 bits per heavy atom. The molecule has 21 heavy (non-hydrogen) atoms. The summed E-state index contributed by atoms with van der Waals surface area (Å²) in [5.74, 6) is -1.13. The number of rotatable bonds is 2. The fourth-order valence-corrected chi connectivity index (χ4v) is 2.04. The van der Waals surface area contributed by atoms with Gasteiger partial charge in [0.15, 0.2) is 5.82 Å². The molecule has 0 aromatic carbocycles. The summed E-state index contributed by atoms with van der Waals surface area (Å²) in [6.45, 7) is 3.31. The summed E-state index contributed by atoms with van der Waals surface area (Å²) >= 11 is 3.27. The lowest BCUT2D eigenvalue weighted by Gasteiger charge is -2.12. The maximum atomic E-state index is 12.8. The van der Waals surface area contributed by atoms with E-state index in [9.17, 15) is 18.0 Å². The SMILES string of the molecule is Cc1nn(-c2nc(C(F)(F)F)ccc2C(N)=O)c(C)c1Br. The second-order valence-electron chi connectivity index (χ2n) is 4.33. The normalized spacial score (nSPS) is 11.7. The first kappa shape index (κ1) is 15.5. The summed E-state index contributed by atoms with van der Waals surface area (Å²) in [6, 6.07) is 1.71. The fraction of sp³-hybridized carbons (Fsp3) is 0.250. The van der Waals surface area contributed by atoms with Crippen LogP contribution in [0, 0.1) is 13.8 Å². The number of aryl methyl sites for hydroxylation is 1. The number of nitrogens with zero attached hydrogens (tertiary/aromatic N) is 3. The number of halogens is 4. The van der Waals surface area contributed by atoms with Crippen LogP contribution in [-0.4, -0.2) is 20.7 Å². The predicted molar refractivity (Wildman–Crippen MR) is 72.1 cm³/mol. The van der Waals surface area contributed by atoms with Crippen molar-refractivity contribution in [2.24, 2.45) is 5.73 Å². The van der Waals surface area contributed by atoms with Gasteiger partial charge in [0.1, 0.15) is 5.69 Å². The van der Waals surface area contributed by atoms with Crippen molar-refractivity contribution in [3.8, 4) is 5.82 Å². The third-order valence-electron chi connectivity index (χ3n) is 2.83. The maximum absolute atomic E-state index is 12.8. The van der Waals surface area contributed by atoms with Crippen molar-refractivity contribution < 1.29 is 18.0 Å². The number of hydrogen-bond donors (Lipinski definition) is 1. The van der Waals surface area contributed by atoms with E-state index in [0.29, 0.717) is 21.9 Å². The van der Waals surface area contributed by atoms with Gasteiger partial charge in [0.05, 0.1) is 21.4 Å². The molecule has 0 saturated heterocycles. The van der Waals surface area contributed by atoms with Gasteiger partial charge in [-0.2, -0.15) is 18.3 Å². The third kappa shape index (κ3) is 2.78. The summed E-state index contributed by atoms with van der Waals surface area (Å²) in [4.78, 5) is 14.9. The zero-order chi connectivity index (χ0) is 15.9. The number of nitrogens with two attached hydrogens (primary N) is 1. The Hall–Kier alpha value is -1.90. The lowest BCUT2D eigenvalue weighted by atomic mass is 10.2. The number of primary amides is 1. The highest BCUT2D eigenvalue weighted by molar-refractivity contribution is 9.10. The Labute approximate surface area is 126 Å². The molecular formula is C12H10BrF3N4O. The van der Waals surface area contributed by atoms with Gasteiger partial charge in [-0.15, -0.1) is 0 Å². The average molecular weight is 363 g/mol. The highest BCUT2D eigenvalue weighted by atomic mass is 79.9. The number of hydrogen-bond acceptors (Lipinski definition) is 3. The molecule has 2 aromatic heterocycles. The first-order valence-corrected chi connectivity index (χ1v) is 6.52. The Morgan fingerprint density at radius 2 is 1.95 bits per heavy atom. The predicted octanol–water partition coefficient (Wildman–Crippen LogP) is 2.76. The minimum atomic E-state index is -4.63. The molecule has 2 N–H and O–H groups in total. The highest BCUT2D eigenvalue weighted by Crippen LogP contribution is 2.30. The maximum Gasteiger partial charge on any atom is 0.433 e. The van der Waals surface area contributed by atoms with E-state index in [1.54, 1.807) is 13.8 Å². The molecule has 0 aliphatic heterocycles. The minimum Gasteiger partial charge on any atom is -0.365 e. The van der Waals surface area contributed by atoms with Crippen molar-refractivity contribution >= 4 is 21.8 Å². The zero-order valence-electron chi connectivity index (χ0n) is 11.0. The average Bonchev–Trinajstić information content (AvgIpc) is 2.64. The van der Waals surface area contributed by atoms with Crippen LogP contribution in [0.4, 0.5) is 13.2 Å². The van der Waals surface area contributed by atoms with E-state index < -0.39 is 17.8 Å². The van der Waals surface area contributed by atoms with Crippen LogP contribution < -0.4 is 5.73 Å². The van der Waals surface area contributed by atoms with Gasteiger partial charge in [0.2, 0.25) is 0 Å². The van der Waals surface area contributed by atoms with Crippen LogP contribution in [-0.2, 0) is 6.18 Å². The van der Waals surface area contributed by atoms with Crippen molar-refractivity contribution in [1.82, 2.24) is 14.8 Å². The van der Waals surface area contributed by atoms with Gasteiger partial charge in [-0.25, -0.2) is 9.67 Å². The Kier molecular flexibility index (Phi) is 3.79. The quantitative estimate of drug-likeness (QED) is 0.892. The van der Waals surface area contributed by atoms with Crippen LogP contribution in [0.25, 0.3) is 5.82 Å². The Morgan fingerprint density at radius 1 is 1.33 bits per heavy atom. The summed E-state index contributed by atoms with van der Waals surface area (Å²) in [6.07, 6.45) is -4.63. The smallest absolute Gasteiger partial charge is 0.365 e. The molecule has 0 aliphatic rings. The van der Waals surface area contributed by atoms with Gasteiger partial charge < -0.3 is 5.73 Å². The number of amides is 1. The summed E-state index contributed by atoms with van der Waals surface area (Å²) in [7, 11) is 0. The number of aromatic nitrogens is 3. The standard InChI is InChI=1S/C12H10BrF3N4O/c1-5-9(13)6(2)20(19-5)11-7(10(17)21)3-4-8(18-11)12(14,15)16/h3-4H,1-2H3,(H2,17,21).